The van der Waals surface area contributed by atoms with E-state index < -0.39 is 29.7 Å². The predicted octanol–water partition coefficient (Wildman–Crippen LogP) is 2.72. The van der Waals surface area contributed by atoms with Crippen molar-refractivity contribution in [1.82, 2.24) is 5.01 Å². The smallest absolute Gasteiger partial charge is 0.263 e. The summed E-state index contributed by atoms with van der Waals surface area (Å²) < 4.78 is 19.3. The lowest BCUT2D eigenvalue weighted by Crippen LogP contribution is -2.39. The molecule has 2 heterocycles. The molecule has 0 aliphatic carbocycles. The molecule has 0 unspecified atom stereocenters. The van der Waals surface area contributed by atoms with Crippen LogP contribution in [0.4, 0.5) is 10.1 Å². The highest BCUT2D eigenvalue weighted by Crippen LogP contribution is 2.33. The summed E-state index contributed by atoms with van der Waals surface area (Å²) >= 11 is 0. The van der Waals surface area contributed by atoms with Crippen molar-refractivity contribution >= 4 is 17.5 Å². The fourth-order valence-corrected chi connectivity index (χ4v) is 3.27. The van der Waals surface area contributed by atoms with Crippen LogP contribution >= 0.6 is 0 Å². The zero-order valence-electron chi connectivity index (χ0n) is 14.6. The largest absolute Gasteiger partial charge is 0.494 e. The van der Waals surface area contributed by atoms with Crippen LogP contribution in [0.15, 0.2) is 58.9 Å². The number of fused-ring (bicyclic) bond motifs is 1. The number of hydrogen-bond donors (Lipinski definition) is 0. The molecule has 0 bridgehead atoms. The van der Waals surface area contributed by atoms with Crippen molar-refractivity contribution in [2.75, 3.05) is 11.5 Å². The molecule has 2 aliphatic rings. The lowest BCUT2D eigenvalue weighted by atomic mass is 10.1. The number of hydrogen-bond acceptors (Lipinski definition) is 6. The number of imide groups is 1. The number of anilines is 1. The van der Waals surface area contributed by atoms with E-state index in [9.17, 15) is 14.0 Å². The van der Waals surface area contributed by atoms with E-state index in [4.69, 9.17) is 4.74 Å². The molecule has 1 saturated heterocycles. The van der Waals surface area contributed by atoms with Gasteiger partial charge in [-0.15, -0.1) is 0 Å². The van der Waals surface area contributed by atoms with E-state index in [1.54, 1.807) is 42.5 Å². The Hall–Kier alpha value is -3.29. The van der Waals surface area contributed by atoms with Crippen LogP contribution in [0.5, 0.6) is 5.75 Å². The van der Waals surface area contributed by atoms with Gasteiger partial charge in [0.15, 0.2) is 12.1 Å². The van der Waals surface area contributed by atoms with Crippen LogP contribution < -0.4 is 9.64 Å². The van der Waals surface area contributed by atoms with E-state index >= 15 is 0 Å². The second-order valence-corrected chi connectivity index (χ2v) is 6.22. The number of halogens is 1. The molecule has 7 nitrogen and oxygen atoms in total. The minimum absolute atomic E-state index is 0.0630. The van der Waals surface area contributed by atoms with Gasteiger partial charge in [0.2, 0.25) is 0 Å². The van der Waals surface area contributed by atoms with E-state index in [1.807, 2.05) is 6.92 Å². The van der Waals surface area contributed by atoms with Gasteiger partial charge in [0.1, 0.15) is 11.6 Å². The second-order valence-electron chi connectivity index (χ2n) is 6.22. The molecule has 2 aliphatic heterocycles. The molecule has 0 saturated carbocycles. The predicted molar refractivity (Wildman–Crippen MR) is 94.5 cm³/mol. The fraction of sp³-hybridized carbons (Fsp3) is 0.263. The maximum Gasteiger partial charge on any atom is 0.263 e. The van der Waals surface area contributed by atoms with Gasteiger partial charge < -0.3 is 4.74 Å². The van der Waals surface area contributed by atoms with E-state index in [2.05, 4.69) is 10.3 Å². The second kappa shape index (κ2) is 6.79. The van der Waals surface area contributed by atoms with Gasteiger partial charge in [-0.2, -0.15) is 5.11 Å². The van der Waals surface area contributed by atoms with Gasteiger partial charge >= 0.3 is 0 Å². The van der Waals surface area contributed by atoms with Crippen molar-refractivity contribution < 1.29 is 18.7 Å². The topological polar surface area (TPSA) is 74.6 Å². The van der Waals surface area contributed by atoms with Gasteiger partial charge in [-0.25, -0.2) is 9.29 Å². The van der Waals surface area contributed by atoms with Crippen LogP contribution in [-0.2, 0) is 16.1 Å². The molecule has 2 atom stereocenters. The Morgan fingerprint density at radius 1 is 1.07 bits per heavy atom. The first kappa shape index (κ1) is 17.1. The van der Waals surface area contributed by atoms with Crippen LogP contribution in [0.2, 0.25) is 0 Å². The highest BCUT2D eigenvalue weighted by molar-refractivity contribution is 6.25. The molecule has 1 fully saturated rings. The average Bonchev–Trinajstić information content (AvgIpc) is 3.19. The lowest BCUT2D eigenvalue weighted by Gasteiger charge is -2.21. The number of nitrogens with zero attached hydrogens (tertiary/aromatic N) is 4. The van der Waals surface area contributed by atoms with Crippen molar-refractivity contribution in [2.24, 2.45) is 10.3 Å². The third kappa shape index (κ3) is 2.92. The molecule has 2 aromatic carbocycles. The molecular formula is C19H17FN4O3. The number of ether oxygens (including phenoxy) is 1. The first-order chi connectivity index (χ1) is 13.1. The van der Waals surface area contributed by atoms with Gasteiger partial charge in [-0.3, -0.25) is 14.6 Å². The average molecular weight is 368 g/mol. The Balaban J connectivity index is 1.57. The molecule has 2 aromatic rings. The monoisotopic (exact) mass is 368 g/mol. The highest BCUT2D eigenvalue weighted by Gasteiger charge is 2.54. The molecule has 0 N–H and O–H groups in total. The molecule has 2 amide bonds. The minimum Gasteiger partial charge on any atom is -0.494 e. The summed E-state index contributed by atoms with van der Waals surface area (Å²) in [5.74, 6) is -0.595. The minimum atomic E-state index is -0.907. The van der Waals surface area contributed by atoms with Crippen LogP contribution in [0.25, 0.3) is 0 Å². The molecule has 4 rings (SSSR count). The van der Waals surface area contributed by atoms with Gasteiger partial charge in [0.25, 0.3) is 11.8 Å². The number of carbonyl (C=O) groups excluding carboxylic acids is 2. The van der Waals surface area contributed by atoms with Crippen LogP contribution in [0.1, 0.15) is 12.5 Å². The van der Waals surface area contributed by atoms with Crippen molar-refractivity contribution in [1.29, 1.82) is 0 Å². The molecule has 0 aromatic heterocycles. The summed E-state index contributed by atoms with van der Waals surface area (Å²) in [6, 6.07) is 11.2. The zero-order valence-corrected chi connectivity index (χ0v) is 14.6. The highest BCUT2D eigenvalue weighted by atomic mass is 19.1. The first-order valence-electron chi connectivity index (χ1n) is 8.61. The number of carbonyl (C=O) groups is 2. The first-order valence-corrected chi connectivity index (χ1v) is 8.61. The molecule has 138 valence electrons. The van der Waals surface area contributed by atoms with E-state index in [0.717, 1.165) is 4.90 Å². The van der Waals surface area contributed by atoms with Crippen molar-refractivity contribution in [3.63, 3.8) is 0 Å². The SMILES string of the molecule is CCOc1ccc(N2C(=O)[C@@H]3[C@@H](N=NN3Cc3ccccc3F)C2=O)cc1. The summed E-state index contributed by atoms with van der Waals surface area (Å²) in [5, 5.41) is 9.25. The Bertz CT molecular complexity index is 915. The maximum atomic E-state index is 13.9. The lowest BCUT2D eigenvalue weighted by molar-refractivity contribution is -0.123. The molecule has 8 heteroatoms. The molecule has 27 heavy (non-hydrogen) atoms. The summed E-state index contributed by atoms with van der Waals surface area (Å²) in [7, 11) is 0. The van der Waals surface area contributed by atoms with E-state index in [0.29, 0.717) is 23.6 Å². The summed E-state index contributed by atoms with van der Waals surface area (Å²) in [5.41, 5.74) is 0.834. The molecule has 0 radical (unpaired) electrons. The summed E-state index contributed by atoms with van der Waals surface area (Å²) in [6.07, 6.45) is 0. The fourth-order valence-electron chi connectivity index (χ4n) is 3.27. The Morgan fingerprint density at radius 3 is 2.52 bits per heavy atom. The Morgan fingerprint density at radius 2 is 1.81 bits per heavy atom. The van der Waals surface area contributed by atoms with Gasteiger partial charge in [0.05, 0.1) is 18.8 Å². The van der Waals surface area contributed by atoms with E-state index in [1.165, 1.54) is 11.1 Å². The molecule has 0 spiro atoms. The van der Waals surface area contributed by atoms with Crippen molar-refractivity contribution in [3.8, 4) is 5.75 Å². The number of amides is 2. The van der Waals surface area contributed by atoms with Gasteiger partial charge in [0, 0.05) is 5.56 Å². The zero-order chi connectivity index (χ0) is 19.0. The van der Waals surface area contributed by atoms with Crippen molar-refractivity contribution in [3.05, 3.63) is 59.9 Å². The maximum absolute atomic E-state index is 13.9. The quantitative estimate of drug-likeness (QED) is 0.761. The van der Waals surface area contributed by atoms with Gasteiger partial charge in [-0.1, -0.05) is 23.4 Å². The third-order valence-electron chi connectivity index (χ3n) is 4.55. The van der Waals surface area contributed by atoms with Crippen LogP contribution in [0, 0.1) is 5.82 Å². The van der Waals surface area contributed by atoms with Crippen LogP contribution in [0.3, 0.4) is 0 Å². The van der Waals surface area contributed by atoms with Crippen LogP contribution in [-0.4, -0.2) is 35.5 Å². The summed E-state index contributed by atoms with van der Waals surface area (Å²) in [4.78, 5) is 26.7. The Labute approximate surface area is 155 Å². The standard InChI is InChI=1S/C19H17FN4O3/c1-2-27-14-9-7-13(8-10-14)24-18(25)16-17(19(24)26)23(22-21-16)11-12-5-3-4-6-15(12)20/h3-10,16-17H,2,11H2,1H3/t16-,17+/m1/s1. The number of benzene rings is 2. The molecular weight excluding hydrogens is 351 g/mol. The van der Waals surface area contributed by atoms with Crippen molar-refractivity contribution in [2.45, 2.75) is 25.6 Å². The number of rotatable bonds is 5. The van der Waals surface area contributed by atoms with Gasteiger partial charge in [-0.05, 0) is 37.3 Å². The summed E-state index contributed by atoms with van der Waals surface area (Å²) in [6.45, 7) is 2.46. The third-order valence-corrected chi connectivity index (χ3v) is 4.55. The normalized spacial score (nSPS) is 21.1. The Kier molecular flexibility index (Phi) is 4.31. The van der Waals surface area contributed by atoms with E-state index in [-0.39, 0.29) is 6.54 Å².